The van der Waals surface area contributed by atoms with Gasteiger partial charge in [0.25, 0.3) is 0 Å². The van der Waals surface area contributed by atoms with Crippen LogP contribution < -0.4 is 5.32 Å². The molecule has 1 aromatic rings. The number of thioether (sulfide) groups is 2. The van der Waals surface area contributed by atoms with Crippen molar-refractivity contribution in [1.29, 1.82) is 0 Å². The van der Waals surface area contributed by atoms with E-state index in [2.05, 4.69) is 49.6 Å². The molecule has 1 atom stereocenters. The highest BCUT2D eigenvalue weighted by Gasteiger charge is 2.22. The Balaban J connectivity index is 2.08. The van der Waals surface area contributed by atoms with Gasteiger partial charge in [-0.2, -0.15) is 11.8 Å². The zero-order valence-electron chi connectivity index (χ0n) is 12.8. The van der Waals surface area contributed by atoms with Crippen LogP contribution >= 0.6 is 34.9 Å². The lowest BCUT2D eigenvalue weighted by Gasteiger charge is -2.18. The van der Waals surface area contributed by atoms with E-state index < -0.39 is 0 Å². The normalized spacial score (nSPS) is 19.7. The van der Waals surface area contributed by atoms with Crippen LogP contribution in [0, 0.1) is 5.92 Å². The SMILES string of the molecule is CCCNCc1sc(C2CSCCS2)nc1CC(C)C. The molecule has 20 heavy (non-hydrogen) atoms. The second-order valence-corrected chi connectivity index (χ2v) is 9.21. The van der Waals surface area contributed by atoms with Gasteiger partial charge in [0.05, 0.1) is 10.9 Å². The summed E-state index contributed by atoms with van der Waals surface area (Å²) in [6.45, 7) is 8.89. The Morgan fingerprint density at radius 1 is 1.35 bits per heavy atom. The maximum Gasteiger partial charge on any atom is 0.107 e. The van der Waals surface area contributed by atoms with Crippen LogP contribution in [0.2, 0.25) is 0 Å². The fourth-order valence-electron chi connectivity index (χ4n) is 2.23. The lowest BCUT2D eigenvalue weighted by molar-refractivity contribution is 0.621. The number of thiazole rings is 1. The summed E-state index contributed by atoms with van der Waals surface area (Å²) < 4.78 is 0. The predicted octanol–water partition coefficient (Wildman–Crippen LogP) is 4.36. The average molecular weight is 331 g/mol. The van der Waals surface area contributed by atoms with E-state index >= 15 is 0 Å². The molecule has 114 valence electrons. The minimum absolute atomic E-state index is 0.629. The first-order chi connectivity index (χ1) is 9.70. The van der Waals surface area contributed by atoms with Crippen molar-refractivity contribution in [3.05, 3.63) is 15.6 Å². The van der Waals surface area contributed by atoms with E-state index in [0.29, 0.717) is 11.2 Å². The monoisotopic (exact) mass is 330 g/mol. The largest absolute Gasteiger partial charge is 0.312 e. The van der Waals surface area contributed by atoms with Crippen LogP contribution in [0.25, 0.3) is 0 Å². The molecular formula is C15H26N2S3. The molecule has 1 fully saturated rings. The van der Waals surface area contributed by atoms with Crippen LogP contribution in [0.15, 0.2) is 0 Å². The second kappa shape index (κ2) is 8.66. The Bertz CT molecular complexity index is 398. The van der Waals surface area contributed by atoms with Crippen LogP contribution in [0.3, 0.4) is 0 Å². The van der Waals surface area contributed by atoms with Crippen molar-refractivity contribution >= 4 is 34.9 Å². The van der Waals surface area contributed by atoms with Gasteiger partial charge in [-0.25, -0.2) is 4.98 Å². The summed E-state index contributed by atoms with van der Waals surface area (Å²) in [6, 6.07) is 0. The Kier molecular flexibility index (Phi) is 7.22. The fraction of sp³-hybridized carbons (Fsp3) is 0.800. The molecule has 0 amide bonds. The van der Waals surface area contributed by atoms with E-state index in [1.165, 1.54) is 39.3 Å². The van der Waals surface area contributed by atoms with E-state index in [-0.39, 0.29) is 0 Å². The molecule has 1 N–H and O–H groups in total. The van der Waals surface area contributed by atoms with Crippen LogP contribution in [0.5, 0.6) is 0 Å². The van der Waals surface area contributed by atoms with E-state index in [1.54, 1.807) is 0 Å². The quantitative estimate of drug-likeness (QED) is 0.751. The molecule has 1 aliphatic heterocycles. The van der Waals surface area contributed by atoms with Crippen molar-refractivity contribution in [2.45, 2.75) is 45.4 Å². The Morgan fingerprint density at radius 2 is 2.20 bits per heavy atom. The number of nitrogens with one attached hydrogen (secondary N) is 1. The summed E-state index contributed by atoms with van der Waals surface area (Å²) in [5.41, 5.74) is 1.35. The first-order valence-electron chi connectivity index (χ1n) is 7.59. The maximum absolute atomic E-state index is 5.00. The van der Waals surface area contributed by atoms with Crippen LogP contribution in [0.1, 0.15) is 48.0 Å². The Hall–Kier alpha value is 0.290. The average Bonchev–Trinajstić information content (AvgIpc) is 2.83. The third kappa shape index (κ3) is 4.93. The van der Waals surface area contributed by atoms with Crippen molar-refractivity contribution in [2.75, 3.05) is 23.8 Å². The fourth-order valence-corrected chi connectivity index (χ4v) is 6.28. The third-order valence-electron chi connectivity index (χ3n) is 3.20. The van der Waals surface area contributed by atoms with Crippen molar-refractivity contribution in [3.63, 3.8) is 0 Å². The molecule has 2 nitrogen and oxygen atoms in total. The van der Waals surface area contributed by atoms with E-state index in [1.807, 2.05) is 11.3 Å². The molecule has 0 spiro atoms. The summed E-state index contributed by atoms with van der Waals surface area (Å²) in [4.78, 5) is 6.47. The molecule has 0 radical (unpaired) electrons. The summed E-state index contributed by atoms with van der Waals surface area (Å²) in [7, 11) is 0. The summed E-state index contributed by atoms with van der Waals surface area (Å²) in [5.74, 6) is 4.50. The standard InChI is InChI=1S/C15H26N2S3/c1-4-5-16-9-13-12(8-11(2)3)17-15(20-13)14-10-18-6-7-19-14/h11,14,16H,4-10H2,1-3H3. The van der Waals surface area contributed by atoms with Gasteiger partial charge < -0.3 is 5.32 Å². The van der Waals surface area contributed by atoms with Gasteiger partial charge in [-0.1, -0.05) is 20.8 Å². The van der Waals surface area contributed by atoms with Gasteiger partial charge >= 0.3 is 0 Å². The van der Waals surface area contributed by atoms with E-state index in [9.17, 15) is 0 Å². The first-order valence-corrected chi connectivity index (χ1v) is 10.6. The lowest BCUT2D eigenvalue weighted by atomic mass is 10.1. The molecule has 0 aliphatic carbocycles. The number of hydrogen-bond acceptors (Lipinski definition) is 5. The second-order valence-electron chi connectivity index (χ2n) is 5.63. The summed E-state index contributed by atoms with van der Waals surface area (Å²) in [6.07, 6.45) is 2.31. The van der Waals surface area contributed by atoms with Crippen molar-refractivity contribution < 1.29 is 0 Å². The minimum atomic E-state index is 0.629. The molecule has 0 bridgehead atoms. The van der Waals surface area contributed by atoms with Gasteiger partial charge in [-0.15, -0.1) is 23.1 Å². The van der Waals surface area contributed by atoms with E-state index in [4.69, 9.17) is 4.98 Å². The van der Waals surface area contributed by atoms with Crippen molar-refractivity contribution in [1.82, 2.24) is 10.3 Å². The van der Waals surface area contributed by atoms with Crippen molar-refractivity contribution in [3.8, 4) is 0 Å². The highest BCUT2D eigenvalue weighted by atomic mass is 32.2. The predicted molar refractivity (Wildman–Crippen MR) is 95.2 cm³/mol. The summed E-state index contributed by atoms with van der Waals surface area (Å²) >= 11 is 6.12. The van der Waals surface area contributed by atoms with Gasteiger partial charge in [-0.3, -0.25) is 0 Å². The Labute approximate surface area is 135 Å². The first kappa shape index (κ1) is 16.7. The highest BCUT2D eigenvalue weighted by Crippen LogP contribution is 2.39. The van der Waals surface area contributed by atoms with Crippen molar-refractivity contribution in [2.24, 2.45) is 5.92 Å². The zero-order chi connectivity index (χ0) is 14.4. The van der Waals surface area contributed by atoms with Crippen LogP contribution in [-0.2, 0) is 13.0 Å². The minimum Gasteiger partial charge on any atom is -0.312 e. The van der Waals surface area contributed by atoms with Gasteiger partial charge in [-0.05, 0) is 25.3 Å². The number of hydrogen-bond donors (Lipinski definition) is 1. The Morgan fingerprint density at radius 3 is 2.85 bits per heavy atom. The third-order valence-corrected chi connectivity index (χ3v) is 7.32. The van der Waals surface area contributed by atoms with E-state index in [0.717, 1.165) is 19.5 Å². The van der Waals surface area contributed by atoms with Crippen LogP contribution in [-0.4, -0.2) is 28.8 Å². The van der Waals surface area contributed by atoms with Gasteiger partial charge in [0.15, 0.2) is 0 Å². The molecule has 1 aromatic heterocycles. The number of rotatable bonds is 7. The number of nitrogens with zero attached hydrogens (tertiary/aromatic N) is 1. The number of aromatic nitrogens is 1. The molecule has 1 aliphatic rings. The molecule has 2 heterocycles. The smallest absolute Gasteiger partial charge is 0.107 e. The molecule has 0 aromatic carbocycles. The molecule has 2 rings (SSSR count). The van der Waals surface area contributed by atoms with Gasteiger partial charge in [0, 0.05) is 28.7 Å². The molecule has 1 saturated heterocycles. The molecule has 0 saturated carbocycles. The van der Waals surface area contributed by atoms with Gasteiger partial charge in [0.1, 0.15) is 5.01 Å². The highest BCUT2D eigenvalue weighted by molar-refractivity contribution is 8.06. The molecular weight excluding hydrogens is 304 g/mol. The maximum atomic E-state index is 5.00. The topological polar surface area (TPSA) is 24.9 Å². The molecule has 1 unspecified atom stereocenters. The lowest BCUT2D eigenvalue weighted by Crippen LogP contribution is -2.14. The summed E-state index contributed by atoms with van der Waals surface area (Å²) in [5, 5.41) is 5.54. The zero-order valence-corrected chi connectivity index (χ0v) is 15.2. The molecule has 5 heteroatoms. The van der Waals surface area contributed by atoms with Crippen LogP contribution in [0.4, 0.5) is 0 Å². The van der Waals surface area contributed by atoms with Gasteiger partial charge in [0.2, 0.25) is 0 Å².